The summed E-state index contributed by atoms with van der Waals surface area (Å²) in [6.07, 6.45) is -0.991. The van der Waals surface area contributed by atoms with Gasteiger partial charge in [0.2, 0.25) is 10.0 Å². The van der Waals surface area contributed by atoms with Crippen LogP contribution in [0.1, 0.15) is 11.7 Å². The molecule has 0 spiro atoms. The van der Waals surface area contributed by atoms with Crippen molar-refractivity contribution in [3.8, 4) is 11.5 Å². The summed E-state index contributed by atoms with van der Waals surface area (Å²) in [5.41, 5.74) is 0.664. The van der Waals surface area contributed by atoms with Gasteiger partial charge in [0.05, 0.1) is 20.3 Å². The van der Waals surface area contributed by atoms with Gasteiger partial charge in [0.25, 0.3) is 0 Å². The van der Waals surface area contributed by atoms with Gasteiger partial charge in [-0.05, 0) is 28.5 Å². The van der Waals surface area contributed by atoms with Crippen molar-refractivity contribution >= 4 is 20.8 Å². The average molecular weight is 387 g/mol. The van der Waals surface area contributed by atoms with Crippen LogP contribution in [0, 0.1) is 0 Å². The molecule has 0 aliphatic carbocycles. The van der Waals surface area contributed by atoms with Crippen LogP contribution in [0.4, 0.5) is 0 Å². The predicted octanol–water partition coefficient (Wildman–Crippen LogP) is 2.87. The number of rotatable bonds is 7. The number of methoxy groups -OCH3 is 2. The third-order valence-electron chi connectivity index (χ3n) is 4.31. The SMILES string of the molecule is COc1ccc(S(=O)(=O)NCC(O)c2cccc3ccccc23)c(OC)c1. The van der Waals surface area contributed by atoms with Gasteiger partial charge >= 0.3 is 0 Å². The molecule has 1 unspecified atom stereocenters. The Balaban J connectivity index is 1.83. The smallest absolute Gasteiger partial charge is 0.244 e. The van der Waals surface area contributed by atoms with E-state index in [4.69, 9.17) is 9.47 Å². The molecule has 3 rings (SSSR count). The quantitative estimate of drug-likeness (QED) is 0.651. The van der Waals surface area contributed by atoms with E-state index in [1.807, 2.05) is 36.4 Å². The number of ether oxygens (including phenoxy) is 2. The molecule has 7 heteroatoms. The fraction of sp³-hybridized carbons (Fsp3) is 0.200. The van der Waals surface area contributed by atoms with Crippen molar-refractivity contribution in [3.05, 3.63) is 66.2 Å². The molecule has 0 heterocycles. The number of benzene rings is 3. The second-order valence-corrected chi connectivity index (χ2v) is 7.69. The molecule has 3 aromatic rings. The minimum absolute atomic E-state index is 0.0177. The Morgan fingerprint density at radius 2 is 1.74 bits per heavy atom. The number of aliphatic hydroxyl groups excluding tert-OH is 1. The van der Waals surface area contributed by atoms with Crippen LogP contribution in [0.5, 0.6) is 11.5 Å². The Morgan fingerprint density at radius 3 is 2.48 bits per heavy atom. The van der Waals surface area contributed by atoms with E-state index in [1.54, 1.807) is 6.07 Å². The molecule has 0 aromatic heterocycles. The number of sulfonamides is 1. The second-order valence-electron chi connectivity index (χ2n) is 5.95. The van der Waals surface area contributed by atoms with E-state index in [2.05, 4.69) is 4.72 Å². The molecule has 0 aliphatic rings. The zero-order valence-corrected chi connectivity index (χ0v) is 15.9. The molecule has 3 aromatic carbocycles. The minimum Gasteiger partial charge on any atom is -0.497 e. The highest BCUT2D eigenvalue weighted by Crippen LogP contribution is 2.29. The highest BCUT2D eigenvalue weighted by Gasteiger charge is 2.22. The summed E-state index contributed by atoms with van der Waals surface area (Å²) < 4.78 is 38.0. The largest absolute Gasteiger partial charge is 0.497 e. The number of hydrogen-bond acceptors (Lipinski definition) is 5. The summed E-state index contributed by atoms with van der Waals surface area (Å²) in [5.74, 6) is 0.656. The first-order valence-electron chi connectivity index (χ1n) is 8.33. The van der Waals surface area contributed by atoms with Crippen molar-refractivity contribution in [2.75, 3.05) is 20.8 Å². The standard InChI is InChI=1S/C20H21NO5S/c1-25-15-10-11-20(19(12-15)26-2)27(23,24)21-13-18(22)17-9-5-7-14-6-3-4-8-16(14)17/h3-12,18,21-22H,13H2,1-2H3. The van der Waals surface area contributed by atoms with Crippen LogP contribution in [-0.4, -0.2) is 34.3 Å². The van der Waals surface area contributed by atoms with Crippen molar-refractivity contribution in [2.45, 2.75) is 11.0 Å². The Bertz CT molecular complexity index is 1040. The zero-order chi connectivity index (χ0) is 19.4. The van der Waals surface area contributed by atoms with E-state index in [1.165, 1.54) is 32.4 Å². The summed E-state index contributed by atoms with van der Waals surface area (Å²) in [4.78, 5) is -0.0177. The Hall–Kier alpha value is -2.61. The Labute approximate surface area is 158 Å². The maximum Gasteiger partial charge on any atom is 0.244 e. The molecule has 0 fully saturated rings. The molecular weight excluding hydrogens is 366 g/mol. The number of aliphatic hydroxyl groups is 1. The van der Waals surface area contributed by atoms with E-state index in [9.17, 15) is 13.5 Å². The van der Waals surface area contributed by atoms with E-state index in [-0.39, 0.29) is 17.2 Å². The van der Waals surface area contributed by atoms with E-state index >= 15 is 0 Å². The second kappa shape index (κ2) is 7.96. The van der Waals surface area contributed by atoms with Crippen LogP contribution in [-0.2, 0) is 10.0 Å². The van der Waals surface area contributed by atoms with Crippen molar-refractivity contribution in [1.82, 2.24) is 4.72 Å². The molecular formula is C20H21NO5S. The lowest BCUT2D eigenvalue weighted by Crippen LogP contribution is -2.29. The van der Waals surface area contributed by atoms with Gasteiger partial charge in [-0.25, -0.2) is 13.1 Å². The summed E-state index contributed by atoms with van der Waals surface area (Å²) in [6, 6.07) is 17.6. The van der Waals surface area contributed by atoms with Crippen LogP contribution < -0.4 is 14.2 Å². The van der Waals surface area contributed by atoms with Crippen molar-refractivity contribution in [2.24, 2.45) is 0 Å². The van der Waals surface area contributed by atoms with Crippen LogP contribution in [0.15, 0.2) is 65.6 Å². The van der Waals surface area contributed by atoms with E-state index in [0.29, 0.717) is 11.3 Å². The van der Waals surface area contributed by atoms with E-state index in [0.717, 1.165) is 10.8 Å². The minimum atomic E-state index is -3.87. The van der Waals surface area contributed by atoms with Gasteiger partial charge < -0.3 is 14.6 Å². The molecule has 27 heavy (non-hydrogen) atoms. The van der Waals surface area contributed by atoms with Gasteiger partial charge in [-0.1, -0.05) is 42.5 Å². The van der Waals surface area contributed by atoms with Crippen LogP contribution >= 0.6 is 0 Å². The fourth-order valence-corrected chi connectivity index (χ4v) is 4.10. The average Bonchev–Trinajstić information content (AvgIpc) is 2.71. The number of nitrogens with one attached hydrogen (secondary N) is 1. The molecule has 2 N–H and O–H groups in total. The molecule has 0 radical (unpaired) electrons. The molecule has 0 aliphatic heterocycles. The molecule has 1 atom stereocenters. The molecule has 0 saturated carbocycles. The van der Waals surface area contributed by atoms with Crippen molar-refractivity contribution < 1.29 is 23.0 Å². The van der Waals surface area contributed by atoms with Crippen LogP contribution in [0.2, 0.25) is 0 Å². The molecule has 0 amide bonds. The lowest BCUT2D eigenvalue weighted by atomic mass is 10.0. The molecule has 0 saturated heterocycles. The summed E-state index contributed by atoms with van der Waals surface area (Å²) in [5, 5.41) is 12.4. The van der Waals surface area contributed by atoms with Gasteiger partial charge in [0.1, 0.15) is 16.4 Å². The predicted molar refractivity (Wildman–Crippen MR) is 104 cm³/mol. The lowest BCUT2D eigenvalue weighted by Gasteiger charge is -2.16. The molecule has 0 bridgehead atoms. The first-order valence-corrected chi connectivity index (χ1v) is 9.82. The highest BCUT2D eigenvalue weighted by molar-refractivity contribution is 7.89. The summed E-state index contributed by atoms with van der Waals surface area (Å²) in [6.45, 7) is -0.161. The lowest BCUT2D eigenvalue weighted by molar-refractivity contribution is 0.183. The van der Waals surface area contributed by atoms with Gasteiger partial charge in [0.15, 0.2) is 0 Å². The summed E-state index contributed by atoms with van der Waals surface area (Å²) >= 11 is 0. The zero-order valence-electron chi connectivity index (χ0n) is 15.0. The normalized spacial score (nSPS) is 12.7. The monoisotopic (exact) mass is 387 g/mol. The Kier molecular flexibility index (Phi) is 5.65. The van der Waals surface area contributed by atoms with Crippen molar-refractivity contribution in [3.63, 3.8) is 0 Å². The fourth-order valence-electron chi connectivity index (χ4n) is 2.91. The topological polar surface area (TPSA) is 84.9 Å². The maximum absolute atomic E-state index is 12.7. The number of fused-ring (bicyclic) bond motifs is 1. The molecule has 6 nitrogen and oxygen atoms in total. The number of hydrogen-bond donors (Lipinski definition) is 2. The Morgan fingerprint density at radius 1 is 1.00 bits per heavy atom. The molecule has 142 valence electrons. The van der Waals surface area contributed by atoms with Crippen LogP contribution in [0.25, 0.3) is 10.8 Å². The summed E-state index contributed by atoms with van der Waals surface area (Å²) in [7, 11) is -0.999. The maximum atomic E-state index is 12.7. The van der Waals surface area contributed by atoms with E-state index < -0.39 is 16.1 Å². The highest BCUT2D eigenvalue weighted by atomic mass is 32.2. The van der Waals surface area contributed by atoms with Crippen LogP contribution in [0.3, 0.4) is 0 Å². The van der Waals surface area contributed by atoms with Gasteiger partial charge in [-0.15, -0.1) is 0 Å². The van der Waals surface area contributed by atoms with Gasteiger partial charge in [0, 0.05) is 12.6 Å². The van der Waals surface area contributed by atoms with Gasteiger partial charge in [-0.2, -0.15) is 0 Å². The first kappa shape index (κ1) is 19.2. The van der Waals surface area contributed by atoms with Gasteiger partial charge in [-0.3, -0.25) is 0 Å². The third-order valence-corrected chi connectivity index (χ3v) is 5.77. The third kappa shape index (κ3) is 4.05. The first-order chi connectivity index (χ1) is 13.0. The van der Waals surface area contributed by atoms with Crippen molar-refractivity contribution in [1.29, 1.82) is 0 Å².